The molecular weight excluding hydrogens is 512 g/mol. The van der Waals surface area contributed by atoms with Gasteiger partial charge in [0.2, 0.25) is 5.91 Å². The number of amides is 2. The number of carbonyl (C=O) groups excluding carboxylic acids is 3. The van der Waals surface area contributed by atoms with Gasteiger partial charge >= 0.3 is 5.97 Å². The quantitative estimate of drug-likeness (QED) is 0.206. The molecule has 2 amide bonds. The van der Waals surface area contributed by atoms with E-state index < -0.39 is 29.9 Å². The number of benzene rings is 3. The van der Waals surface area contributed by atoms with Gasteiger partial charge < -0.3 is 9.47 Å². The maximum absolute atomic E-state index is 13.8. The summed E-state index contributed by atoms with van der Waals surface area (Å²) in [6.45, 7) is 1.79. The summed E-state index contributed by atoms with van der Waals surface area (Å²) in [5.41, 5.74) is 2.82. The molecule has 0 radical (unpaired) electrons. The van der Waals surface area contributed by atoms with E-state index in [0.29, 0.717) is 28.3 Å². The highest BCUT2D eigenvalue weighted by Gasteiger charge is 2.60. The standard InChI is InChI=1S/C30H26N4O6/c1-18-16-22(32(2)31-18)30(37)39-23-15-14-19(17-24(23)38-3)26-25-27(40-34(26)21-12-8-5-9-13-21)29(36)33(28(25)35)20-10-6-4-7-11-20/h4-17,25-27H,1-3H3/t25-,26+,27-/m1/s1. The number of aromatic nitrogens is 2. The fourth-order valence-electron chi connectivity index (χ4n) is 5.29. The zero-order valence-electron chi connectivity index (χ0n) is 22.1. The first-order chi connectivity index (χ1) is 19.4. The molecule has 2 fully saturated rings. The summed E-state index contributed by atoms with van der Waals surface area (Å²) in [5, 5.41) is 5.80. The summed E-state index contributed by atoms with van der Waals surface area (Å²) in [7, 11) is 3.13. The Morgan fingerprint density at radius 1 is 0.875 bits per heavy atom. The molecule has 10 heteroatoms. The summed E-state index contributed by atoms with van der Waals surface area (Å²) in [6, 6.07) is 24.1. The molecule has 202 valence electrons. The SMILES string of the molecule is COc1cc([C@H]2[C@H]3C(=O)N(c4ccccc4)C(=O)[C@@H]3ON2c2ccccc2)ccc1OC(=O)c1cc(C)nn1C. The summed E-state index contributed by atoms with van der Waals surface area (Å²) in [5.74, 6) is -1.68. The predicted molar refractivity (Wildman–Crippen MR) is 145 cm³/mol. The monoisotopic (exact) mass is 538 g/mol. The molecule has 40 heavy (non-hydrogen) atoms. The van der Waals surface area contributed by atoms with Gasteiger partial charge in [0, 0.05) is 7.05 Å². The number of para-hydroxylation sites is 2. The third kappa shape index (κ3) is 4.18. The molecule has 6 rings (SSSR count). The van der Waals surface area contributed by atoms with Crippen LogP contribution >= 0.6 is 0 Å². The molecule has 2 saturated heterocycles. The average molecular weight is 539 g/mol. The van der Waals surface area contributed by atoms with Crippen LogP contribution < -0.4 is 19.4 Å². The molecule has 0 spiro atoms. The number of methoxy groups -OCH3 is 1. The minimum atomic E-state index is -1.01. The van der Waals surface area contributed by atoms with Gasteiger partial charge in [0.15, 0.2) is 17.6 Å². The molecule has 2 aliphatic rings. The van der Waals surface area contributed by atoms with Crippen LogP contribution in [0.5, 0.6) is 11.5 Å². The fraction of sp³-hybridized carbons (Fsp3) is 0.200. The van der Waals surface area contributed by atoms with Crippen molar-refractivity contribution >= 4 is 29.2 Å². The first-order valence-electron chi connectivity index (χ1n) is 12.7. The number of esters is 1. The minimum absolute atomic E-state index is 0.205. The Hall–Kier alpha value is -4.96. The van der Waals surface area contributed by atoms with Crippen molar-refractivity contribution in [3.05, 3.63) is 102 Å². The van der Waals surface area contributed by atoms with Gasteiger partial charge in [-0.15, -0.1) is 0 Å². The van der Waals surface area contributed by atoms with Gasteiger partial charge in [0.1, 0.15) is 11.6 Å². The normalized spacial score (nSPS) is 20.1. The van der Waals surface area contributed by atoms with Gasteiger partial charge in [0.05, 0.1) is 30.2 Å². The van der Waals surface area contributed by atoms with E-state index in [1.807, 2.05) is 36.4 Å². The molecular formula is C30H26N4O6. The van der Waals surface area contributed by atoms with Crippen LogP contribution in [0.3, 0.4) is 0 Å². The van der Waals surface area contributed by atoms with Gasteiger partial charge in [-0.25, -0.2) is 14.8 Å². The van der Waals surface area contributed by atoms with Crippen LogP contribution in [0.4, 0.5) is 11.4 Å². The molecule has 3 aromatic carbocycles. The number of anilines is 2. The van der Waals surface area contributed by atoms with E-state index in [4.69, 9.17) is 14.3 Å². The van der Waals surface area contributed by atoms with Crippen molar-refractivity contribution in [3.8, 4) is 11.5 Å². The number of ether oxygens (including phenoxy) is 2. The van der Waals surface area contributed by atoms with E-state index in [1.165, 1.54) is 16.7 Å². The second kappa shape index (κ2) is 9.97. The minimum Gasteiger partial charge on any atom is -0.493 e. The molecule has 10 nitrogen and oxygen atoms in total. The van der Waals surface area contributed by atoms with Crippen molar-refractivity contribution in [2.75, 3.05) is 17.1 Å². The first kappa shape index (κ1) is 25.3. The van der Waals surface area contributed by atoms with Gasteiger partial charge in [-0.3, -0.25) is 19.1 Å². The van der Waals surface area contributed by atoms with E-state index in [0.717, 1.165) is 0 Å². The van der Waals surface area contributed by atoms with Gasteiger partial charge in [0.25, 0.3) is 5.91 Å². The zero-order valence-corrected chi connectivity index (χ0v) is 22.1. The number of nitrogens with zero attached hydrogens (tertiary/aromatic N) is 4. The van der Waals surface area contributed by atoms with Crippen molar-refractivity contribution in [2.45, 2.75) is 19.1 Å². The maximum atomic E-state index is 13.8. The van der Waals surface area contributed by atoms with Crippen molar-refractivity contribution in [1.29, 1.82) is 0 Å². The lowest BCUT2D eigenvalue weighted by molar-refractivity contribution is -0.126. The van der Waals surface area contributed by atoms with E-state index >= 15 is 0 Å². The van der Waals surface area contributed by atoms with Crippen LogP contribution in [0, 0.1) is 12.8 Å². The first-order valence-corrected chi connectivity index (χ1v) is 12.7. The smallest absolute Gasteiger partial charge is 0.362 e. The predicted octanol–water partition coefficient (Wildman–Crippen LogP) is 4.01. The number of imide groups is 1. The lowest BCUT2D eigenvalue weighted by Gasteiger charge is -2.29. The molecule has 0 unspecified atom stereocenters. The molecule has 1 aromatic heterocycles. The van der Waals surface area contributed by atoms with E-state index in [-0.39, 0.29) is 17.4 Å². The number of rotatable bonds is 6. The highest BCUT2D eigenvalue weighted by atomic mass is 16.7. The van der Waals surface area contributed by atoms with Crippen LogP contribution in [0.15, 0.2) is 84.9 Å². The van der Waals surface area contributed by atoms with Crippen molar-refractivity contribution in [3.63, 3.8) is 0 Å². The molecule has 3 heterocycles. The molecule has 4 aromatic rings. The zero-order chi connectivity index (χ0) is 28.0. The van der Waals surface area contributed by atoms with Crippen LogP contribution in [0.2, 0.25) is 0 Å². The van der Waals surface area contributed by atoms with Crippen LogP contribution in [0.1, 0.15) is 27.8 Å². The summed E-state index contributed by atoms with van der Waals surface area (Å²) in [6.07, 6.45) is -1.01. The van der Waals surface area contributed by atoms with Gasteiger partial charge in [-0.05, 0) is 55.0 Å². The number of hydroxylamine groups is 1. The Bertz CT molecular complexity index is 1600. The lowest BCUT2D eigenvalue weighted by atomic mass is 9.90. The van der Waals surface area contributed by atoms with E-state index in [2.05, 4.69) is 5.10 Å². The maximum Gasteiger partial charge on any atom is 0.362 e. The highest BCUT2D eigenvalue weighted by Crippen LogP contribution is 2.48. The summed E-state index contributed by atoms with van der Waals surface area (Å²) < 4.78 is 12.7. The second-order valence-electron chi connectivity index (χ2n) is 9.60. The number of fused-ring (bicyclic) bond motifs is 1. The molecule has 0 N–H and O–H groups in total. The molecule has 0 bridgehead atoms. The Labute approximate surface area is 230 Å². The molecule has 2 aliphatic heterocycles. The Morgan fingerprint density at radius 2 is 1.55 bits per heavy atom. The van der Waals surface area contributed by atoms with E-state index in [1.54, 1.807) is 67.6 Å². The Kier molecular flexibility index (Phi) is 6.31. The molecule has 3 atom stereocenters. The summed E-state index contributed by atoms with van der Waals surface area (Å²) >= 11 is 0. The van der Waals surface area contributed by atoms with Crippen molar-refractivity contribution in [1.82, 2.24) is 9.78 Å². The van der Waals surface area contributed by atoms with Crippen molar-refractivity contribution < 1.29 is 28.7 Å². The third-order valence-electron chi connectivity index (χ3n) is 7.08. The van der Waals surface area contributed by atoms with Crippen molar-refractivity contribution in [2.24, 2.45) is 13.0 Å². The highest BCUT2D eigenvalue weighted by molar-refractivity contribution is 6.23. The Morgan fingerprint density at radius 3 is 2.17 bits per heavy atom. The second-order valence-corrected chi connectivity index (χ2v) is 9.60. The Balaban J connectivity index is 1.38. The number of hydrogen-bond donors (Lipinski definition) is 0. The summed E-state index contributed by atoms with van der Waals surface area (Å²) in [4.78, 5) is 47.5. The largest absolute Gasteiger partial charge is 0.493 e. The van der Waals surface area contributed by atoms with Gasteiger partial charge in [-0.2, -0.15) is 5.10 Å². The molecule has 0 aliphatic carbocycles. The fourth-order valence-corrected chi connectivity index (χ4v) is 5.29. The van der Waals surface area contributed by atoms with Gasteiger partial charge in [-0.1, -0.05) is 42.5 Å². The van der Waals surface area contributed by atoms with E-state index in [9.17, 15) is 14.4 Å². The van der Waals surface area contributed by atoms with Crippen LogP contribution in [-0.2, 0) is 21.5 Å². The van der Waals surface area contributed by atoms with Crippen LogP contribution in [0.25, 0.3) is 0 Å². The molecule has 0 saturated carbocycles. The topological polar surface area (TPSA) is 103 Å². The number of hydrogen-bond acceptors (Lipinski definition) is 8. The third-order valence-corrected chi connectivity index (χ3v) is 7.08. The number of aryl methyl sites for hydroxylation is 2. The number of carbonyl (C=O) groups is 3. The lowest BCUT2D eigenvalue weighted by Crippen LogP contribution is -2.37. The van der Waals surface area contributed by atoms with Crippen LogP contribution in [-0.4, -0.2) is 40.8 Å². The average Bonchev–Trinajstić information content (AvgIpc) is 3.60.